The third kappa shape index (κ3) is 3.53. The molecule has 1 N–H and O–H groups in total. The fraction of sp³-hybridized carbons (Fsp3) is 0.235. The number of hydrogen-bond acceptors (Lipinski definition) is 4. The van der Waals surface area contributed by atoms with Crippen molar-refractivity contribution in [3.63, 3.8) is 0 Å². The van der Waals surface area contributed by atoms with E-state index in [1.54, 1.807) is 10.9 Å². The number of fused-ring (bicyclic) bond motifs is 1. The highest BCUT2D eigenvalue weighted by molar-refractivity contribution is 8.00. The van der Waals surface area contributed by atoms with E-state index in [1.165, 1.54) is 17.3 Å². The molecule has 2 heterocycles. The number of nitrogens with one attached hydrogen (secondary N) is 1. The Morgan fingerprint density at radius 3 is 2.74 bits per heavy atom. The standard InChI is InChI=1S/C17H18N4OS/c1-11-4-6-14(7-5-11)23-10-16(22)19-13-8-15-12(2)20-21(3)17(15)18-9-13/h4-9H,10H2,1-3H3,(H,19,22). The predicted molar refractivity (Wildman–Crippen MR) is 93.8 cm³/mol. The Morgan fingerprint density at radius 1 is 1.26 bits per heavy atom. The zero-order valence-electron chi connectivity index (χ0n) is 13.3. The number of pyridine rings is 1. The van der Waals surface area contributed by atoms with Gasteiger partial charge in [-0.2, -0.15) is 5.10 Å². The lowest BCUT2D eigenvalue weighted by Crippen LogP contribution is -2.14. The molecule has 2 aromatic heterocycles. The van der Waals surface area contributed by atoms with Crippen LogP contribution in [0.4, 0.5) is 5.69 Å². The number of carbonyl (C=O) groups excluding carboxylic acids is 1. The van der Waals surface area contributed by atoms with E-state index in [-0.39, 0.29) is 5.91 Å². The van der Waals surface area contributed by atoms with Crippen molar-refractivity contribution in [1.29, 1.82) is 0 Å². The molecule has 0 aliphatic carbocycles. The summed E-state index contributed by atoms with van der Waals surface area (Å²) >= 11 is 1.52. The first-order valence-corrected chi connectivity index (χ1v) is 8.30. The normalized spacial score (nSPS) is 10.9. The van der Waals surface area contributed by atoms with Gasteiger partial charge in [0.25, 0.3) is 0 Å². The van der Waals surface area contributed by atoms with Crippen LogP contribution in [0.1, 0.15) is 11.3 Å². The molecule has 23 heavy (non-hydrogen) atoms. The highest BCUT2D eigenvalue weighted by Gasteiger charge is 2.09. The highest BCUT2D eigenvalue weighted by atomic mass is 32.2. The summed E-state index contributed by atoms with van der Waals surface area (Å²) in [5.41, 5.74) is 3.63. The lowest BCUT2D eigenvalue weighted by Gasteiger charge is -2.05. The fourth-order valence-electron chi connectivity index (χ4n) is 2.36. The summed E-state index contributed by atoms with van der Waals surface area (Å²) in [4.78, 5) is 17.5. The van der Waals surface area contributed by atoms with Gasteiger partial charge >= 0.3 is 0 Å². The molecule has 5 nitrogen and oxygen atoms in total. The fourth-order valence-corrected chi connectivity index (χ4v) is 3.06. The summed E-state index contributed by atoms with van der Waals surface area (Å²) in [6, 6.07) is 10.1. The third-order valence-corrected chi connectivity index (χ3v) is 4.55. The second-order valence-electron chi connectivity index (χ2n) is 5.45. The maximum atomic E-state index is 12.1. The lowest BCUT2D eigenvalue weighted by atomic mass is 10.2. The van der Waals surface area contributed by atoms with E-state index < -0.39 is 0 Å². The summed E-state index contributed by atoms with van der Waals surface area (Å²) in [7, 11) is 1.86. The molecule has 0 spiro atoms. The molecule has 0 aliphatic heterocycles. The van der Waals surface area contributed by atoms with Gasteiger partial charge in [-0.1, -0.05) is 17.7 Å². The average Bonchev–Trinajstić information content (AvgIpc) is 2.81. The van der Waals surface area contributed by atoms with Crippen LogP contribution in [0.2, 0.25) is 0 Å². The molecule has 0 saturated carbocycles. The van der Waals surface area contributed by atoms with Crippen LogP contribution in [-0.4, -0.2) is 26.4 Å². The van der Waals surface area contributed by atoms with E-state index in [1.807, 2.05) is 51.2 Å². The number of aryl methyl sites for hydroxylation is 3. The molecule has 6 heteroatoms. The van der Waals surface area contributed by atoms with Gasteiger partial charge in [0.1, 0.15) is 0 Å². The minimum atomic E-state index is -0.0433. The number of hydrogen-bond donors (Lipinski definition) is 1. The topological polar surface area (TPSA) is 59.8 Å². The SMILES string of the molecule is Cc1ccc(SCC(=O)Nc2cnc3c(c2)c(C)nn3C)cc1. The summed E-state index contributed by atoms with van der Waals surface area (Å²) in [6.07, 6.45) is 1.66. The van der Waals surface area contributed by atoms with E-state index in [0.29, 0.717) is 11.4 Å². The van der Waals surface area contributed by atoms with Gasteiger partial charge in [0.05, 0.1) is 23.3 Å². The summed E-state index contributed by atoms with van der Waals surface area (Å²) in [6.45, 7) is 3.98. The van der Waals surface area contributed by atoms with Crippen molar-refractivity contribution in [2.45, 2.75) is 18.7 Å². The Kier molecular flexibility index (Phi) is 4.34. The Morgan fingerprint density at radius 2 is 2.00 bits per heavy atom. The largest absolute Gasteiger partial charge is 0.324 e. The van der Waals surface area contributed by atoms with Gasteiger partial charge < -0.3 is 5.32 Å². The zero-order valence-corrected chi connectivity index (χ0v) is 14.1. The van der Waals surface area contributed by atoms with Crippen molar-refractivity contribution in [3.8, 4) is 0 Å². The number of rotatable bonds is 4. The van der Waals surface area contributed by atoms with Crippen LogP contribution in [0.15, 0.2) is 41.4 Å². The number of carbonyl (C=O) groups is 1. The van der Waals surface area contributed by atoms with Crippen molar-refractivity contribution in [2.75, 3.05) is 11.1 Å². The quantitative estimate of drug-likeness (QED) is 0.747. The van der Waals surface area contributed by atoms with Crippen LogP contribution in [0.25, 0.3) is 11.0 Å². The molecular formula is C17H18N4OS. The van der Waals surface area contributed by atoms with E-state index >= 15 is 0 Å². The van der Waals surface area contributed by atoms with Crippen molar-refractivity contribution in [2.24, 2.45) is 7.05 Å². The van der Waals surface area contributed by atoms with Crippen molar-refractivity contribution in [1.82, 2.24) is 14.8 Å². The zero-order chi connectivity index (χ0) is 16.4. The van der Waals surface area contributed by atoms with E-state index in [9.17, 15) is 4.79 Å². The Hall–Kier alpha value is -2.34. The average molecular weight is 326 g/mol. The van der Waals surface area contributed by atoms with Crippen LogP contribution in [-0.2, 0) is 11.8 Å². The van der Waals surface area contributed by atoms with Crippen molar-refractivity contribution >= 4 is 34.4 Å². The first-order chi connectivity index (χ1) is 11.0. The molecule has 0 aliphatic rings. The van der Waals surface area contributed by atoms with Crippen LogP contribution in [0.5, 0.6) is 0 Å². The third-order valence-electron chi connectivity index (χ3n) is 3.54. The van der Waals surface area contributed by atoms with Gasteiger partial charge in [0.2, 0.25) is 5.91 Å². The Labute approximate surface area is 139 Å². The first-order valence-electron chi connectivity index (χ1n) is 7.31. The van der Waals surface area contributed by atoms with E-state index in [0.717, 1.165) is 21.6 Å². The maximum absolute atomic E-state index is 12.1. The van der Waals surface area contributed by atoms with Gasteiger partial charge in [0, 0.05) is 17.3 Å². The van der Waals surface area contributed by atoms with Gasteiger partial charge in [-0.3, -0.25) is 9.48 Å². The van der Waals surface area contributed by atoms with Gasteiger partial charge in [-0.05, 0) is 32.0 Å². The first kappa shape index (κ1) is 15.6. The van der Waals surface area contributed by atoms with Crippen LogP contribution in [0, 0.1) is 13.8 Å². The lowest BCUT2D eigenvalue weighted by molar-refractivity contribution is -0.113. The maximum Gasteiger partial charge on any atom is 0.234 e. The number of nitrogens with zero attached hydrogens (tertiary/aromatic N) is 3. The molecule has 1 amide bonds. The van der Waals surface area contributed by atoms with Gasteiger partial charge in [0.15, 0.2) is 5.65 Å². The number of anilines is 1. The molecule has 0 unspecified atom stereocenters. The highest BCUT2D eigenvalue weighted by Crippen LogP contribution is 2.21. The van der Waals surface area contributed by atoms with Crippen molar-refractivity contribution in [3.05, 3.63) is 47.8 Å². The minimum Gasteiger partial charge on any atom is -0.324 e. The summed E-state index contributed by atoms with van der Waals surface area (Å²) < 4.78 is 1.74. The van der Waals surface area contributed by atoms with Crippen molar-refractivity contribution < 1.29 is 4.79 Å². The molecule has 0 saturated heterocycles. The second-order valence-corrected chi connectivity index (χ2v) is 6.50. The molecule has 0 fully saturated rings. The smallest absolute Gasteiger partial charge is 0.234 e. The van der Waals surface area contributed by atoms with Gasteiger partial charge in [-0.25, -0.2) is 4.98 Å². The molecule has 0 bridgehead atoms. The minimum absolute atomic E-state index is 0.0433. The predicted octanol–water partition coefficient (Wildman–Crippen LogP) is 3.32. The molecule has 0 atom stereocenters. The molecule has 3 aromatic rings. The Balaban J connectivity index is 1.65. The number of aromatic nitrogens is 3. The summed E-state index contributed by atoms with van der Waals surface area (Å²) in [5.74, 6) is 0.325. The number of amides is 1. The summed E-state index contributed by atoms with van der Waals surface area (Å²) in [5, 5.41) is 8.18. The number of benzene rings is 1. The van der Waals surface area contributed by atoms with Crippen LogP contribution in [0.3, 0.4) is 0 Å². The molecule has 3 rings (SSSR count). The van der Waals surface area contributed by atoms with E-state index in [4.69, 9.17) is 0 Å². The molecular weight excluding hydrogens is 308 g/mol. The van der Waals surface area contributed by atoms with E-state index in [2.05, 4.69) is 15.4 Å². The van der Waals surface area contributed by atoms with Gasteiger partial charge in [-0.15, -0.1) is 11.8 Å². The monoisotopic (exact) mass is 326 g/mol. The molecule has 118 valence electrons. The van der Waals surface area contributed by atoms with Crippen LogP contribution < -0.4 is 5.32 Å². The molecule has 1 aromatic carbocycles. The van der Waals surface area contributed by atoms with Crippen LogP contribution >= 0.6 is 11.8 Å². The molecule has 0 radical (unpaired) electrons. The Bertz CT molecular complexity index is 855. The number of thioether (sulfide) groups is 1. The second kappa shape index (κ2) is 6.42.